The molecule has 1 fully saturated rings. The van der Waals surface area contributed by atoms with Gasteiger partial charge in [0.15, 0.2) is 0 Å². The second-order valence-electron chi connectivity index (χ2n) is 2.83. The van der Waals surface area contributed by atoms with Gasteiger partial charge in [-0.25, -0.2) is 0 Å². The molecule has 0 aromatic carbocycles. The zero-order chi connectivity index (χ0) is 7.40. The molecule has 0 aromatic heterocycles. The Balaban J connectivity index is 2.24. The smallest absolute Gasteiger partial charge is 0.0590 e. The maximum absolute atomic E-state index is 9.34. The van der Waals surface area contributed by atoms with Crippen LogP contribution in [0, 0.1) is 12.8 Å². The Hall–Kier alpha value is -0.0800. The van der Waals surface area contributed by atoms with Crippen LogP contribution in [0.1, 0.15) is 19.3 Å². The van der Waals surface area contributed by atoms with Gasteiger partial charge >= 0.3 is 0 Å². The molecule has 2 heteroatoms. The predicted molar refractivity (Wildman–Crippen MR) is 39.5 cm³/mol. The minimum Gasteiger partial charge on any atom is -0.393 e. The van der Waals surface area contributed by atoms with Crippen LogP contribution < -0.4 is 0 Å². The highest BCUT2D eigenvalue weighted by Crippen LogP contribution is 2.18. The van der Waals surface area contributed by atoms with Gasteiger partial charge in [-0.05, 0) is 19.3 Å². The van der Waals surface area contributed by atoms with Gasteiger partial charge in [0.25, 0.3) is 0 Å². The lowest BCUT2D eigenvalue weighted by molar-refractivity contribution is -0.00776. The van der Waals surface area contributed by atoms with Crippen LogP contribution in [0.25, 0.3) is 0 Å². The molecule has 59 valence electrons. The first-order valence-corrected chi connectivity index (χ1v) is 3.89. The van der Waals surface area contributed by atoms with Crippen LogP contribution in [-0.2, 0) is 4.74 Å². The molecule has 0 saturated carbocycles. The number of aliphatic hydroxyl groups is 1. The van der Waals surface area contributed by atoms with Crippen LogP contribution in [0.5, 0.6) is 0 Å². The molecule has 1 radical (unpaired) electrons. The van der Waals surface area contributed by atoms with E-state index in [1.54, 1.807) is 0 Å². The van der Waals surface area contributed by atoms with Crippen LogP contribution in [0.3, 0.4) is 0 Å². The van der Waals surface area contributed by atoms with E-state index in [0.717, 1.165) is 26.1 Å². The molecule has 2 atom stereocenters. The first-order valence-electron chi connectivity index (χ1n) is 3.89. The van der Waals surface area contributed by atoms with Gasteiger partial charge in [0, 0.05) is 12.5 Å². The summed E-state index contributed by atoms with van der Waals surface area (Å²) in [7, 11) is 0. The van der Waals surface area contributed by atoms with Crippen molar-refractivity contribution in [1.29, 1.82) is 0 Å². The number of rotatable bonds is 2. The maximum atomic E-state index is 9.34. The van der Waals surface area contributed by atoms with Crippen molar-refractivity contribution < 1.29 is 9.84 Å². The Bertz CT molecular complexity index is 87.3. The maximum Gasteiger partial charge on any atom is 0.0590 e. The molecular weight excluding hydrogens is 128 g/mol. The van der Waals surface area contributed by atoms with Crippen LogP contribution in [-0.4, -0.2) is 24.4 Å². The third-order valence-corrected chi connectivity index (χ3v) is 2.04. The van der Waals surface area contributed by atoms with Crippen LogP contribution in [0.15, 0.2) is 0 Å². The zero-order valence-corrected chi connectivity index (χ0v) is 6.25. The summed E-state index contributed by atoms with van der Waals surface area (Å²) in [5.74, 6) is 0.339. The average molecular weight is 143 g/mol. The summed E-state index contributed by atoms with van der Waals surface area (Å²) in [5.41, 5.74) is 0. The van der Waals surface area contributed by atoms with E-state index in [1.165, 1.54) is 0 Å². The fourth-order valence-corrected chi connectivity index (χ4v) is 1.30. The van der Waals surface area contributed by atoms with Gasteiger partial charge in [-0.15, -0.1) is 0 Å². The summed E-state index contributed by atoms with van der Waals surface area (Å²) in [6, 6.07) is 0. The van der Waals surface area contributed by atoms with E-state index in [2.05, 4.69) is 6.92 Å². The van der Waals surface area contributed by atoms with E-state index in [0.29, 0.717) is 12.3 Å². The normalized spacial score (nSPS) is 30.0. The molecule has 1 saturated heterocycles. The monoisotopic (exact) mass is 143 g/mol. The van der Waals surface area contributed by atoms with E-state index in [9.17, 15) is 5.11 Å². The highest BCUT2D eigenvalue weighted by atomic mass is 16.5. The number of ether oxygens (including phenoxy) is 1. The van der Waals surface area contributed by atoms with Gasteiger partial charge in [-0.3, -0.25) is 0 Å². The number of hydrogen-bond acceptors (Lipinski definition) is 2. The molecule has 0 spiro atoms. The minimum absolute atomic E-state index is 0.250. The lowest BCUT2D eigenvalue weighted by atomic mass is 9.95. The molecule has 0 aliphatic carbocycles. The molecule has 2 nitrogen and oxygen atoms in total. The first kappa shape index (κ1) is 8.02. The summed E-state index contributed by atoms with van der Waals surface area (Å²) in [6.45, 7) is 5.24. The van der Waals surface area contributed by atoms with Gasteiger partial charge in [0.2, 0.25) is 0 Å². The lowest BCUT2D eigenvalue weighted by Crippen LogP contribution is -2.28. The van der Waals surface area contributed by atoms with E-state index >= 15 is 0 Å². The average Bonchev–Trinajstić information content (AvgIpc) is 2.05. The molecule has 0 amide bonds. The third kappa shape index (κ3) is 1.96. The Morgan fingerprint density at radius 1 is 1.70 bits per heavy atom. The van der Waals surface area contributed by atoms with E-state index in [4.69, 9.17) is 4.74 Å². The topological polar surface area (TPSA) is 29.5 Å². The largest absolute Gasteiger partial charge is 0.393 e. The summed E-state index contributed by atoms with van der Waals surface area (Å²) in [4.78, 5) is 0. The van der Waals surface area contributed by atoms with Crippen molar-refractivity contribution in [3.8, 4) is 0 Å². The molecule has 10 heavy (non-hydrogen) atoms. The fourth-order valence-electron chi connectivity index (χ4n) is 1.30. The Kier molecular flexibility index (Phi) is 3.16. The summed E-state index contributed by atoms with van der Waals surface area (Å²) >= 11 is 0. The Morgan fingerprint density at radius 3 is 3.00 bits per heavy atom. The van der Waals surface area contributed by atoms with Gasteiger partial charge in [-0.1, -0.05) is 6.92 Å². The summed E-state index contributed by atoms with van der Waals surface area (Å²) < 4.78 is 5.22. The Labute approximate surface area is 62.2 Å². The van der Waals surface area contributed by atoms with Gasteiger partial charge in [0.1, 0.15) is 0 Å². The molecule has 0 bridgehead atoms. The molecule has 2 unspecified atom stereocenters. The highest BCUT2D eigenvalue weighted by Gasteiger charge is 2.20. The quantitative estimate of drug-likeness (QED) is 0.625. The van der Waals surface area contributed by atoms with E-state index in [-0.39, 0.29) is 6.10 Å². The van der Waals surface area contributed by atoms with Crippen molar-refractivity contribution in [3.05, 3.63) is 6.92 Å². The SMILES string of the molecule is [CH2]CC(O)C1CCCOC1. The van der Waals surface area contributed by atoms with Gasteiger partial charge < -0.3 is 9.84 Å². The predicted octanol–water partition coefficient (Wildman–Crippen LogP) is 0.998. The fraction of sp³-hybridized carbons (Fsp3) is 0.875. The second kappa shape index (κ2) is 3.94. The molecule has 1 N–H and O–H groups in total. The first-order chi connectivity index (χ1) is 4.84. The van der Waals surface area contributed by atoms with Crippen molar-refractivity contribution in [2.75, 3.05) is 13.2 Å². The molecule has 1 aliphatic heterocycles. The number of aliphatic hydroxyl groups excluding tert-OH is 1. The molecule has 1 heterocycles. The van der Waals surface area contributed by atoms with Crippen molar-refractivity contribution >= 4 is 0 Å². The van der Waals surface area contributed by atoms with Crippen molar-refractivity contribution in [2.45, 2.75) is 25.4 Å². The van der Waals surface area contributed by atoms with E-state index < -0.39 is 0 Å². The summed E-state index contributed by atoms with van der Waals surface area (Å²) in [5, 5.41) is 9.34. The molecule has 0 aromatic rings. The van der Waals surface area contributed by atoms with Gasteiger partial charge in [0.05, 0.1) is 12.7 Å². The summed E-state index contributed by atoms with van der Waals surface area (Å²) in [6.07, 6.45) is 2.53. The van der Waals surface area contributed by atoms with Gasteiger partial charge in [-0.2, -0.15) is 0 Å². The minimum atomic E-state index is -0.250. The second-order valence-corrected chi connectivity index (χ2v) is 2.83. The van der Waals surface area contributed by atoms with Crippen LogP contribution in [0.4, 0.5) is 0 Å². The van der Waals surface area contributed by atoms with Crippen LogP contribution in [0.2, 0.25) is 0 Å². The third-order valence-electron chi connectivity index (χ3n) is 2.04. The van der Waals surface area contributed by atoms with Crippen molar-refractivity contribution in [2.24, 2.45) is 5.92 Å². The van der Waals surface area contributed by atoms with E-state index in [1.807, 2.05) is 0 Å². The zero-order valence-electron chi connectivity index (χ0n) is 6.25. The van der Waals surface area contributed by atoms with Crippen molar-refractivity contribution in [1.82, 2.24) is 0 Å². The highest BCUT2D eigenvalue weighted by molar-refractivity contribution is 4.71. The molecule has 1 rings (SSSR count). The van der Waals surface area contributed by atoms with Crippen LogP contribution >= 0.6 is 0 Å². The molecular formula is C8H15O2. The number of hydrogen-bond donors (Lipinski definition) is 1. The lowest BCUT2D eigenvalue weighted by Gasteiger charge is -2.25. The molecule has 1 aliphatic rings. The van der Waals surface area contributed by atoms with Crippen molar-refractivity contribution in [3.63, 3.8) is 0 Å². The standard InChI is InChI=1S/C8H15O2/c1-2-8(9)7-4-3-5-10-6-7/h7-9H,1-6H2. The Morgan fingerprint density at radius 2 is 2.50 bits per heavy atom.